The van der Waals surface area contributed by atoms with E-state index in [0.717, 1.165) is 12.8 Å². The quantitative estimate of drug-likeness (QED) is 0.290. The molecule has 1 saturated heterocycles. The molecular weight excluding hydrogens is 358 g/mol. The molecule has 1 rings (SSSR count). The summed E-state index contributed by atoms with van der Waals surface area (Å²) in [4.78, 5) is 36.5. The van der Waals surface area contributed by atoms with Gasteiger partial charge in [0, 0.05) is 19.6 Å². The SMILES string of the molecule is COC(=O)C(CCCNC(=O)OC(C)(C)C)(OC1CCCCO1)C(=O)OC. The third-order valence-electron chi connectivity index (χ3n) is 3.87. The van der Waals surface area contributed by atoms with E-state index in [1.54, 1.807) is 20.8 Å². The number of hydrogen-bond donors (Lipinski definition) is 1. The minimum atomic E-state index is -1.94. The summed E-state index contributed by atoms with van der Waals surface area (Å²) in [6.07, 6.45) is 1.26. The number of hydrogen-bond acceptors (Lipinski definition) is 8. The molecule has 0 aromatic rings. The fraction of sp³-hybridized carbons (Fsp3) is 0.833. The summed E-state index contributed by atoms with van der Waals surface area (Å²) in [5, 5.41) is 2.58. The lowest BCUT2D eigenvalue weighted by Crippen LogP contribution is -2.53. The second-order valence-corrected chi connectivity index (χ2v) is 7.26. The molecule has 9 nitrogen and oxygen atoms in total. The number of ether oxygens (including phenoxy) is 5. The molecule has 1 aliphatic heterocycles. The van der Waals surface area contributed by atoms with E-state index in [1.807, 2.05) is 0 Å². The average Bonchev–Trinajstić information content (AvgIpc) is 2.62. The lowest BCUT2D eigenvalue weighted by atomic mass is 9.96. The van der Waals surface area contributed by atoms with E-state index in [4.69, 9.17) is 23.7 Å². The standard InChI is InChI=1S/C18H31NO8/c1-17(2,3)27-16(22)19-11-8-10-18(14(20)23-4,15(21)24-5)26-13-9-6-7-12-25-13/h13H,6-12H2,1-5H3,(H,19,22). The molecule has 0 aliphatic carbocycles. The zero-order valence-electron chi connectivity index (χ0n) is 16.8. The molecule has 1 amide bonds. The Labute approximate surface area is 160 Å². The topological polar surface area (TPSA) is 109 Å². The van der Waals surface area contributed by atoms with Gasteiger partial charge < -0.3 is 29.0 Å². The van der Waals surface area contributed by atoms with Crippen LogP contribution in [0.2, 0.25) is 0 Å². The van der Waals surface area contributed by atoms with Crippen LogP contribution in [0.1, 0.15) is 52.9 Å². The van der Waals surface area contributed by atoms with Crippen LogP contribution in [0.4, 0.5) is 4.79 Å². The Morgan fingerprint density at radius 1 is 1.07 bits per heavy atom. The van der Waals surface area contributed by atoms with Crippen molar-refractivity contribution in [1.29, 1.82) is 0 Å². The number of nitrogens with one attached hydrogen (secondary N) is 1. The predicted molar refractivity (Wildman–Crippen MR) is 94.9 cm³/mol. The molecular formula is C18H31NO8. The minimum absolute atomic E-state index is 0.0397. The Morgan fingerprint density at radius 3 is 2.19 bits per heavy atom. The van der Waals surface area contributed by atoms with E-state index in [2.05, 4.69) is 5.32 Å². The van der Waals surface area contributed by atoms with Crippen LogP contribution < -0.4 is 5.32 Å². The van der Waals surface area contributed by atoms with Crippen LogP contribution in [-0.2, 0) is 33.3 Å². The Morgan fingerprint density at radius 2 is 1.70 bits per heavy atom. The molecule has 1 atom stereocenters. The van der Waals surface area contributed by atoms with Gasteiger partial charge in [-0.2, -0.15) is 0 Å². The van der Waals surface area contributed by atoms with Crippen molar-refractivity contribution in [3.63, 3.8) is 0 Å². The Balaban J connectivity index is 2.76. The molecule has 1 unspecified atom stereocenters. The molecule has 1 aliphatic rings. The van der Waals surface area contributed by atoms with Crippen molar-refractivity contribution in [1.82, 2.24) is 5.32 Å². The lowest BCUT2D eigenvalue weighted by Gasteiger charge is -2.33. The van der Waals surface area contributed by atoms with Gasteiger partial charge in [-0.25, -0.2) is 14.4 Å². The minimum Gasteiger partial charge on any atom is -0.466 e. The summed E-state index contributed by atoms with van der Waals surface area (Å²) in [6, 6.07) is 0. The molecule has 0 aromatic heterocycles. The molecule has 0 bridgehead atoms. The first-order valence-electron chi connectivity index (χ1n) is 9.07. The second kappa shape index (κ2) is 10.5. The normalized spacial score (nSPS) is 17.7. The summed E-state index contributed by atoms with van der Waals surface area (Å²) in [7, 11) is 2.34. The Kier molecular flexibility index (Phi) is 8.98. The number of alkyl carbamates (subject to hydrolysis) is 1. The summed E-state index contributed by atoms with van der Waals surface area (Å²) in [5.41, 5.74) is -2.56. The predicted octanol–water partition coefficient (Wildman–Crippen LogP) is 1.92. The zero-order chi connectivity index (χ0) is 20.5. The number of carbonyl (C=O) groups excluding carboxylic acids is 3. The number of carbonyl (C=O) groups is 3. The van der Waals surface area contributed by atoms with Crippen LogP contribution in [0.3, 0.4) is 0 Å². The monoisotopic (exact) mass is 389 g/mol. The van der Waals surface area contributed by atoms with Gasteiger partial charge in [0.15, 0.2) is 6.29 Å². The Bertz CT molecular complexity index is 492. The van der Waals surface area contributed by atoms with Crippen molar-refractivity contribution in [2.75, 3.05) is 27.4 Å². The first-order chi connectivity index (χ1) is 12.6. The number of methoxy groups -OCH3 is 2. The van der Waals surface area contributed by atoms with Crippen LogP contribution in [0, 0.1) is 0 Å². The summed E-state index contributed by atoms with van der Waals surface area (Å²) in [5.74, 6) is -1.72. The van der Waals surface area contributed by atoms with Gasteiger partial charge in [-0.15, -0.1) is 0 Å². The van der Waals surface area contributed by atoms with Gasteiger partial charge in [-0.05, 0) is 46.5 Å². The molecule has 27 heavy (non-hydrogen) atoms. The molecule has 0 aromatic carbocycles. The first kappa shape index (κ1) is 23.2. The maximum absolute atomic E-state index is 12.4. The first-order valence-corrected chi connectivity index (χ1v) is 9.07. The van der Waals surface area contributed by atoms with Crippen molar-refractivity contribution in [3.8, 4) is 0 Å². The summed E-state index contributed by atoms with van der Waals surface area (Å²) in [6.45, 7) is 5.93. The fourth-order valence-electron chi connectivity index (χ4n) is 2.64. The molecule has 1 heterocycles. The van der Waals surface area contributed by atoms with Crippen molar-refractivity contribution in [2.45, 2.75) is 70.4 Å². The molecule has 1 fully saturated rings. The molecule has 0 radical (unpaired) electrons. The Hall–Kier alpha value is -1.87. The van der Waals surface area contributed by atoms with E-state index >= 15 is 0 Å². The van der Waals surface area contributed by atoms with E-state index in [0.29, 0.717) is 13.0 Å². The van der Waals surface area contributed by atoms with Gasteiger partial charge in [0.1, 0.15) is 5.60 Å². The second-order valence-electron chi connectivity index (χ2n) is 7.26. The van der Waals surface area contributed by atoms with Crippen LogP contribution in [0.15, 0.2) is 0 Å². The van der Waals surface area contributed by atoms with Gasteiger partial charge in [-0.1, -0.05) is 0 Å². The number of esters is 2. The van der Waals surface area contributed by atoms with Gasteiger partial charge >= 0.3 is 18.0 Å². The van der Waals surface area contributed by atoms with Crippen LogP contribution in [-0.4, -0.2) is 62.9 Å². The van der Waals surface area contributed by atoms with Crippen molar-refractivity contribution < 1.29 is 38.1 Å². The third kappa shape index (κ3) is 7.34. The van der Waals surface area contributed by atoms with Gasteiger partial charge in [0.25, 0.3) is 5.60 Å². The third-order valence-corrected chi connectivity index (χ3v) is 3.87. The molecule has 0 spiro atoms. The van der Waals surface area contributed by atoms with Crippen LogP contribution in [0.5, 0.6) is 0 Å². The van der Waals surface area contributed by atoms with E-state index < -0.39 is 35.5 Å². The van der Waals surface area contributed by atoms with Crippen LogP contribution >= 0.6 is 0 Å². The van der Waals surface area contributed by atoms with Gasteiger partial charge in [-0.3, -0.25) is 0 Å². The van der Waals surface area contributed by atoms with E-state index in [9.17, 15) is 14.4 Å². The van der Waals surface area contributed by atoms with Crippen LogP contribution in [0.25, 0.3) is 0 Å². The maximum Gasteiger partial charge on any atom is 0.407 e. The largest absolute Gasteiger partial charge is 0.466 e. The highest BCUT2D eigenvalue weighted by Crippen LogP contribution is 2.28. The molecule has 9 heteroatoms. The number of rotatable bonds is 8. The van der Waals surface area contributed by atoms with Crippen molar-refractivity contribution in [2.24, 2.45) is 0 Å². The molecule has 156 valence electrons. The molecule has 0 saturated carbocycles. The van der Waals surface area contributed by atoms with Gasteiger partial charge in [0.05, 0.1) is 14.2 Å². The average molecular weight is 389 g/mol. The highest BCUT2D eigenvalue weighted by Gasteiger charge is 2.51. The van der Waals surface area contributed by atoms with Crippen molar-refractivity contribution in [3.05, 3.63) is 0 Å². The highest BCUT2D eigenvalue weighted by molar-refractivity contribution is 6.03. The van der Waals surface area contributed by atoms with Gasteiger partial charge in [0.2, 0.25) is 0 Å². The van der Waals surface area contributed by atoms with E-state index in [-0.39, 0.29) is 19.4 Å². The highest BCUT2D eigenvalue weighted by atomic mass is 16.7. The van der Waals surface area contributed by atoms with Crippen molar-refractivity contribution >= 4 is 18.0 Å². The van der Waals surface area contributed by atoms with E-state index in [1.165, 1.54) is 14.2 Å². The maximum atomic E-state index is 12.4. The fourth-order valence-corrected chi connectivity index (χ4v) is 2.64. The summed E-state index contributed by atoms with van der Waals surface area (Å²) < 4.78 is 26.0. The lowest BCUT2D eigenvalue weighted by molar-refractivity contribution is -0.240. The molecule has 1 N–H and O–H groups in total. The smallest absolute Gasteiger partial charge is 0.407 e. The summed E-state index contributed by atoms with van der Waals surface area (Å²) >= 11 is 0. The zero-order valence-corrected chi connectivity index (χ0v) is 16.8. The number of amides is 1.